The summed E-state index contributed by atoms with van der Waals surface area (Å²) in [5, 5.41) is 20.6. The van der Waals surface area contributed by atoms with Crippen LogP contribution in [-0.2, 0) is 15.3 Å². The molecule has 1 aliphatic rings. The van der Waals surface area contributed by atoms with Gasteiger partial charge in [0.25, 0.3) is 5.78 Å². The van der Waals surface area contributed by atoms with Gasteiger partial charge in [-0.25, -0.2) is 4.98 Å². The molecule has 5 aromatic rings. The molecule has 222 valence electrons. The molecule has 1 N–H and O–H groups in total. The number of imidazole rings is 1. The lowest BCUT2D eigenvalue weighted by atomic mass is 9.96. The van der Waals surface area contributed by atoms with Crippen molar-refractivity contribution >= 4 is 51.3 Å². The standard InChI is InChI=1S/C33H29N5O4S2/c1-5-17-42-24-14-12-23(13-15-24)27-25(28(39)26-21(4)37-16-6-7-20(3)30(37)34-26)29(40)31(41)38(27)32-35-36-33(44-32)43-18-22-10-8-19(2)9-11-22/h5-16,27,39H,1,17-18H2,2-4H3/b28-25+. The summed E-state index contributed by atoms with van der Waals surface area (Å²) in [5.41, 5.74) is 5.29. The van der Waals surface area contributed by atoms with Crippen LogP contribution in [0, 0.1) is 20.8 Å². The first-order valence-corrected chi connectivity index (χ1v) is 15.7. The SMILES string of the molecule is C=CCOc1ccc(C2/C(=C(\O)c3nc4c(C)cccn4c3C)C(=O)C(=O)N2c2nnc(SCc3ccc(C)cc3)s2)cc1. The second-order valence-electron chi connectivity index (χ2n) is 10.4. The van der Waals surface area contributed by atoms with E-state index in [4.69, 9.17) is 4.74 Å². The molecular formula is C33H29N5O4S2. The number of fused-ring (bicyclic) bond motifs is 1. The lowest BCUT2D eigenvalue weighted by Crippen LogP contribution is -2.29. The van der Waals surface area contributed by atoms with Gasteiger partial charge in [0.15, 0.2) is 10.1 Å². The molecule has 4 heterocycles. The molecule has 1 unspecified atom stereocenters. The highest BCUT2D eigenvalue weighted by atomic mass is 32.2. The van der Waals surface area contributed by atoms with E-state index < -0.39 is 17.7 Å². The van der Waals surface area contributed by atoms with Crippen LogP contribution in [0.2, 0.25) is 0 Å². The van der Waals surface area contributed by atoms with Crippen molar-refractivity contribution in [3.05, 3.63) is 119 Å². The molecule has 2 aromatic carbocycles. The smallest absolute Gasteiger partial charge is 0.301 e. The van der Waals surface area contributed by atoms with Crippen LogP contribution in [0.15, 0.2) is 89.4 Å². The van der Waals surface area contributed by atoms with Crippen molar-refractivity contribution in [3.63, 3.8) is 0 Å². The van der Waals surface area contributed by atoms with Gasteiger partial charge in [-0.05, 0) is 55.7 Å². The summed E-state index contributed by atoms with van der Waals surface area (Å²) in [7, 11) is 0. The van der Waals surface area contributed by atoms with E-state index in [0.717, 1.165) is 11.1 Å². The number of hydrogen-bond donors (Lipinski definition) is 1. The topological polar surface area (TPSA) is 110 Å². The van der Waals surface area contributed by atoms with E-state index in [-0.39, 0.29) is 22.2 Å². The minimum atomic E-state index is -0.961. The highest BCUT2D eigenvalue weighted by Crippen LogP contribution is 2.44. The number of hydrogen-bond acceptors (Lipinski definition) is 9. The number of rotatable bonds is 9. The van der Waals surface area contributed by atoms with Crippen molar-refractivity contribution in [1.29, 1.82) is 0 Å². The van der Waals surface area contributed by atoms with Gasteiger partial charge < -0.3 is 14.2 Å². The first-order chi connectivity index (χ1) is 21.3. The van der Waals surface area contributed by atoms with Crippen molar-refractivity contribution in [3.8, 4) is 5.75 Å². The molecule has 0 radical (unpaired) electrons. The largest absolute Gasteiger partial charge is 0.505 e. The third-order valence-corrected chi connectivity index (χ3v) is 9.53. The summed E-state index contributed by atoms with van der Waals surface area (Å²) in [6, 6.07) is 18.1. The number of aliphatic hydroxyl groups excluding tert-OH is 1. The van der Waals surface area contributed by atoms with E-state index >= 15 is 0 Å². The molecule has 0 bridgehead atoms. The fraction of sp³-hybridized carbons (Fsp3) is 0.182. The maximum Gasteiger partial charge on any atom is 0.301 e. The number of pyridine rings is 1. The predicted octanol–water partition coefficient (Wildman–Crippen LogP) is 6.59. The average molecular weight is 624 g/mol. The monoisotopic (exact) mass is 623 g/mol. The Balaban J connectivity index is 1.42. The minimum Gasteiger partial charge on any atom is -0.505 e. The second kappa shape index (κ2) is 12.1. The number of amides is 1. The highest BCUT2D eigenvalue weighted by molar-refractivity contribution is 8.00. The Hall–Kier alpha value is -4.74. The number of aromatic nitrogens is 4. The van der Waals surface area contributed by atoms with Gasteiger partial charge in [-0.2, -0.15) is 0 Å². The Morgan fingerprint density at radius 2 is 1.82 bits per heavy atom. The van der Waals surface area contributed by atoms with Crippen LogP contribution in [0.5, 0.6) is 5.75 Å². The number of nitrogens with zero attached hydrogens (tertiary/aromatic N) is 5. The van der Waals surface area contributed by atoms with Gasteiger partial charge in [-0.3, -0.25) is 14.5 Å². The summed E-state index contributed by atoms with van der Waals surface area (Å²) in [6.07, 6.45) is 3.49. The van der Waals surface area contributed by atoms with Crippen molar-refractivity contribution in [1.82, 2.24) is 19.6 Å². The van der Waals surface area contributed by atoms with E-state index in [0.29, 0.717) is 39.4 Å². The van der Waals surface area contributed by atoms with Crippen molar-refractivity contribution in [2.45, 2.75) is 36.9 Å². The lowest BCUT2D eigenvalue weighted by Gasteiger charge is -2.22. The molecule has 44 heavy (non-hydrogen) atoms. The van der Waals surface area contributed by atoms with Gasteiger partial charge in [0, 0.05) is 11.9 Å². The van der Waals surface area contributed by atoms with Crippen LogP contribution in [0.4, 0.5) is 5.13 Å². The zero-order valence-corrected chi connectivity index (χ0v) is 26.0. The van der Waals surface area contributed by atoms with Gasteiger partial charge in [0.05, 0.1) is 17.3 Å². The summed E-state index contributed by atoms with van der Waals surface area (Å²) in [5.74, 6) is -0.690. The van der Waals surface area contributed by atoms with Gasteiger partial charge in [-0.1, -0.05) is 83.8 Å². The normalized spacial score (nSPS) is 16.2. The van der Waals surface area contributed by atoms with Gasteiger partial charge in [0.2, 0.25) is 5.13 Å². The van der Waals surface area contributed by atoms with Crippen LogP contribution >= 0.6 is 23.1 Å². The predicted molar refractivity (Wildman–Crippen MR) is 172 cm³/mol. The quantitative estimate of drug-likeness (QED) is 0.0489. The van der Waals surface area contributed by atoms with Crippen molar-refractivity contribution in [2.24, 2.45) is 0 Å². The molecule has 9 nitrogen and oxygen atoms in total. The Kier molecular flexibility index (Phi) is 8.07. The molecule has 1 saturated heterocycles. The zero-order chi connectivity index (χ0) is 31.0. The van der Waals surface area contributed by atoms with E-state index in [1.807, 2.05) is 43.5 Å². The van der Waals surface area contributed by atoms with Crippen molar-refractivity contribution < 1.29 is 19.4 Å². The maximum absolute atomic E-state index is 13.7. The first-order valence-electron chi connectivity index (χ1n) is 13.9. The number of anilines is 1. The lowest BCUT2D eigenvalue weighted by molar-refractivity contribution is -0.132. The molecule has 1 aliphatic heterocycles. The molecular weight excluding hydrogens is 595 g/mol. The van der Waals surface area contributed by atoms with Gasteiger partial charge in [-0.15, -0.1) is 10.2 Å². The third-order valence-electron chi connectivity index (χ3n) is 7.40. The maximum atomic E-state index is 13.7. The van der Waals surface area contributed by atoms with E-state index in [9.17, 15) is 14.7 Å². The number of thioether (sulfide) groups is 1. The van der Waals surface area contributed by atoms with Gasteiger partial charge in [0.1, 0.15) is 23.7 Å². The summed E-state index contributed by atoms with van der Waals surface area (Å²) in [4.78, 5) is 33.4. The molecule has 0 spiro atoms. The Bertz CT molecular complexity index is 1930. The van der Waals surface area contributed by atoms with Gasteiger partial charge >= 0.3 is 5.91 Å². The number of carbonyl (C=O) groups excluding carboxylic acids is 2. The summed E-state index contributed by atoms with van der Waals surface area (Å²) in [6.45, 7) is 9.78. The molecule has 6 rings (SSSR count). The molecule has 1 atom stereocenters. The highest BCUT2D eigenvalue weighted by Gasteiger charge is 2.49. The van der Waals surface area contributed by atoms with Crippen molar-refractivity contribution in [2.75, 3.05) is 11.5 Å². The van der Waals surface area contributed by atoms with E-state index in [1.165, 1.54) is 33.6 Å². The average Bonchev–Trinajstić information content (AvgIpc) is 3.71. The number of aliphatic hydroxyl groups is 1. The Morgan fingerprint density at radius 1 is 1.07 bits per heavy atom. The number of ether oxygens (including phenoxy) is 1. The molecule has 0 aliphatic carbocycles. The molecule has 0 saturated carbocycles. The Labute approximate surface area is 262 Å². The fourth-order valence-corrected chi connectivity index (χ4v) is 6.93. The van der Waals surface area contributed by atoms with Crippen LogP contribution in [0.1, 0.15) is 39.7 Å². The van der Waals surface area contributed by atoms with E-state index in [1.54, 1.807) is 30.3 Å². The minimum absolute atomic E-state index is 0.0667. The summed E-state index contributed by atoms with van der Waals surface area (Å²) >= 11 is 2.72. The molecule has 1 fully saturated rings. The van der Waals surface area contributed by atoms with Crippen LogP contribution in [-0.4, -0.2) is 43.0 Å². The third kappa shape index (κ3) is 5.40. The van der Waals surface area contributed by atoms with Crippen LogP contribution < -0.4 is 9.64 Å². The molecule has 3 aromatic heterocycles. The number of benzene rings is 2. The molecule has 1 amide bonds. The molecule has 11 heteroatoms. The second-order valence-corrected chi connectivity index (χ2v) is 12.6. The van der Waals surface area contributed by atoms with Crippen LogP contribution in [0.25, 0.3) is 11.4 Å². The fourth-order valence-electron chi connectivity index (χ4n) is 5.11. The summed E-state index contributed by atoms with van der Waals surface area (Å²) < 4.78 is 8.15. The van der Waals surface area contributed by atoms with E-state index in [2.05, 4.69) is 46.0 Å². The number of aryl methyl sites for hydroxylation is 3. The first kappa shape index (κ1) is 29.3. The van der Waals surface area contributed by atoms with Crippen LogP contribution in [0.3, 0.4) is 0 Å². The number of carbonyl (C=O) groups is 2. The number of Topliss-reactive ketones (excluding diaryl/α,β-unsaturated/α-hetero) is 1. The Morgan fingerprint density at radius 3 is 2.52 bits per heavy atom. The number of ketones is 1. The zero-order valence-electron chi connectivity index (χ0n) is 24.4.